The zero-order chi connectivity index (χ0) is 17.8. The van der Waals surface area contributed by atoms with Crippen LogP contribution in [0.3, 0.4) is 0 Å². The molecule has 3 heterocycles. The first-order chi connectivity index (χ1) is 12.8. The molecule has 6 heteroatoms. The molecule has 1 amide bonds. The van der Waals surface area contributed by atoms with Crippen LogP contribution < -0.4 is 0 Å². The standard InChI is InChI=1S/C20H20N4O2/c25-18(7-6-15-4-2-1-3-5-15)24-13-10-17(14-24)19-22-20(26-23-19)16-8-11-21-12-9-16/h1-5,8-9,11-12,17H,6-7,10,13-14H2. The summed E-state index contributed by atoms with van der Waals surface area (Å²) < 4.78 is 5.37. The molecule has 0 bridgehead atoms. The molecule has 1 fully saturated rings. The number of nitrogens with zero attached hydrogens (tertiary/aromatic N) is 4. The average Bonchev–Trinajstić information content (AvgIpc) is 3.37. The lowest BCUT2D eigenvalue weighted by Crippen LogP contribution is -2.28. The minimum absolute atomic E-state index is 0.134. The number of hydrogen-bond acceptors (Lipinski definition) is 5. The van der Waals surface area contributed by atoms with E-state index in [1.54, 1.807) is 12.4 Å². The number of amides is 1. The number of hydrogen-bond donors (Lipinski definition) is 0. The number of pyridine rings is 1. The zero-order valence-corrected chi connectivity index (χ0v) is 14.4. The molecule has 1 aliphatic rings. The lowest BCUT2D eigenvalue weighted by atomic mass is 10.1. The summed E-state index contributed by atoms with van der Waals surface area (Å²) in [7, 11) is 0. The molecule has 1 atom stereocenters. The highest BCUT2D eigenvalue weighted by Gasteiger charge is 2.30. The zero-order valence-electron chi connectivity index (χ0n) is 14.4. The summed E-state index contributed by atoms with van der Waals surface area (Å²) in [4.78, 5) is 22.9. The first-order valence-corrected chi connectivity index (χ1v) is 8.85. The van der Waals surface area contributed by atoms with Crippen molar-refractivity contribution in [1.82, 2.24) is 20.0 Å². The lowest BCUT2D eigenvalue weighted by molar-refractivity contribution is -0.130. The van der Waals surface area contributed by atoms with Gasteiger partial charge in [0.25, 0.3) is 5.89 Å². The smallest absolute Gasteiger partial charge is 0.258 e. The van der Waals surface area contributed by atoms with Crippen LogP contribution in [-0.4, -0.2) is 39.0 Å². The van der Waals surface area contributed by atoms with E-state index in [0.29, 0.717) is 24.7 Å². The molecule has 1 aliphatic heterocycles. The molecule has 6 nitrogen and oxygen atoms in total. The number of carbonyl (C=O) groups excluding carboxylic acids is 1. The summed E-state index contributed by atoms with van der Waals surface area (Å²) in [5.41, 5.74) is 2.05. The van der Waals surface area contributed by atoms with Crippen LogP contribution in [0.1, 0.15) is 30.1 Å². The van der Waals surface area contributed by atoms with Gasteiger partial charge >= 0.3 is 0 Å². The van der Waals surface area contributed by atoms with Crippen molar-refractivity contribution in [3.05, 3.63) is 66.2 Å². The van der Waals surface area contributed by atoms with E-state index in [2.05, 4.69) is 27.3 Å². The third-order valence-corrected chi connectivity index (χ3v) is 4.75. The maximum absolute atomic E-state index is 12.5. The molecule has 132 valence electrons. The van der Waals surface area contributed by atoms with Crippen LogP contribution in [0, 0.1) is 0 Å². The highest BCUT2D eigenvalue weighted by molar-refractivity contribution is 5.76. The monoisotopic (exact) mass is 348 g/mol. The van der Waals surface area contributed by atoms with E-state index in [4.69, 9.17) is 4.52 Å². The minimum Gasteiger partial charge on any atom is -0.342 e. The van der Waals surface area contributed by atoms with E-state index in [0.717, 1.165) is 24.9 Å². The molecule has 0 N–H and O–H groups in total. The van der Waals surface area contributed by atoms with Crippen molar-refractivity contribution < 1.29 is 9.32 Å². The second-order valence-corrected chi connectivity index (χ2v) is 6.50. The van der Waals surface area contributed by atoms with E-state index in [-0.39, 0.29) is 11.8 Å². The first-order valence-electron chi connectivity index (χ1n) is 8.85. The third-order valence-electron chi connectivity index (χ3n) is 4.75. The van der Waals surface area contributed by atoms with E-state index in [1.165, 1.54) is 5.56 Å². The number of aromatic nitrogens is 3. The predicted octanol–water partition coefficient (Wildman–Crippen LogP) is 3.08. The quantitative estimate of drug-likeness (QED) is 0.708. The van der Waals surface area contributed by atoms with Gasteiger partial charge in [0.1, 0.15) is 0 Å². The molecule has 0 radical (unpaired) electrons. The average molecular weight is 348 g/mol. The second-order valence-electron chi connectivity index (χ2n) is 6.50. The molecule has 26 heavy (non-hydrogen) atoms. The van der Waals surface area contributed by atoms with Crippen LogP contribution in [0.25, 0.3) is 11.5 Å². The lowest BCUT2D eigenvalue weighted by Gasteiger charge is -2.15. The van der Waals surface area contributed by atoms with Crippen LogP contribution in [0.15, 0.2) is 59.4 Å². The van der Waals surface area contributed by atoms with Gasteiger partial charge in [-0.3, -0.25) is 9.78 Å². The van der Waals surface area contributed by atoms with E-state index in [1.807, 2.05) is 35.2 Å². The van der Waals surface area contributed by atoms with E-state index >= 15 is 0 Å². The Bertz CT molecular complexity index is 864. The fourth-order valence-electron chi connectivity index (χ4n) is 3.26. The fourth-order valence-corrected chi connectivity index (χ4v) is 3.26. The fraction of sp³-hybridized carbons (Fsp3) is 0.300. The van der Waals surface area contributed by atoms with Crippen molar-refractivity contribution in [3.8, 4) is 11.5 Å². The molecule has 0 aliphatic carbocycles. The van der Waals surface area contributed by atoms with Crippen LogP contribution in [0.5, 0.6) is 0 Å². The number of aryl methyl sites for hydroxylation is 1. The maximum Gasteiger partial charge on any atom is 0.258 e. The van der Waals surface area contributed by atoms with Gasteiger partial charge in [0.05, 0.1) is 0 Å². The number of likely N-dealkylation sites (tertiary alicyclic amines) is 1. The van der Waals surface area contributed by atoms with E-state index in [9.17, 15) is 4.79 Å². The molecule has 0 spiro atoms. The number of rotatable bonds is 5. The highest BCUT2D eigenvalue weighted by Crippen LogP contribution is 2.27. The Morgan fingerprint density at radius 2 is 1.96 bits per heavy atom. The van der Waals surface area contributed by atoms with Crippen LogP contribution in [0.4, 0.5) is 0 Å². The molecule has 1 unspecified atom stereocenters. The van der Waals surface area contributed by atoms with Crippen molar-refractivity contribution in [2.45, 2.75) is 25.2 Å². The summed E-state index contributed by atoms with van der Waals surface area (Å²) in [6.07, 6.45) is 5.57. The molecule has 1 saturated heterocycles. The SMILES string of the molecule is O=C(CCc1ccccc1)N1CCC(c2noc(-c3ccncc3)n2)C1. The molecular formula is C20H20N4O2. The van der Waals surface area contributed by atoms with Gasteiger partial charge in [-0.15, -0.1) is 0 Å². The Hall–Kier alpha value is -3.02. The van der Waals surface area contributed by atoms with Gasteiger partial charge in [-0.2, -0.15) is 4.98 Å². The topological polar surface area (TPSA) is 72.1 Å². The van der Waals surface area contributed by atoms with E-state index < -0.39 is 0 Å². The van der Waals surface area contributed by atoms with Crippen LogP contribution in [0.2, 0.25) is 0 Å². The summed E-state index contributed by atoms with van der Waals surface area (Å²) in [5.74, 6) is 1.50. The first kappa shape index (κ1) is 16.4. The molecule has 1 aromatic carbocycles. The summed E-state index contributed by atoms with van der Waals surface area (Å²) in [6.45, 7) is 1.40. The maximum atomic E-state index is 12.5. The van der Waals surface area contributed by atoms with Crippen LogP contribution >= 0.6 is 0 Å². The van der Waals surface area contributed by atoms with Crippen molar-refractivity contribution in [3.63, 3.8) is 0 Å². The van der Waals surface area contributed by atoms with Gasteiger partial charge in [0.2, 0.25) is 5.91 Å². The molecule has 0 saturated carbocycles. The van der Waals surface area contributed by atoms with Crippen molar-refractivity contribution >= 4 is 5.91 Å². The normalized spacial score (nSPS) is 16.8. The summed E-state index contributed by atoms with van der Waals surface area (Å²) in [6, 6.07) is 13.8. The Balaban J connectivity index is 1.35. The van der Waals surface area contributed by atoms with Crippen LogP contribution in [-0.2, 0) is 11.2 Å². The summed E-state index contributed by atoms with van der Waals surface area (Å²) in [5, 5.41) is 4.12. The Labute approximate surface area is 151 Å². The summed E-state index contributed by atoms with van der Waals surface area (Å²) >= 11 is 0. The van der Waals surface area contributed by atoms with Gasteiger partial charge in [-0.1, -0.05) is 35.5 Å². The van der Waals surface area contributed by atoms with Gasteiger partial charge in [0, 0.05) is 43.4 Å². The van der Waals surface area contributed by atoms with Gasteiger partial charge in [0.15, 0.2) is 5.82 Å². The van der Waals surface area contributed by atoms with Gasteiger partial charge in [-0.25, -0.2) is 0 Å². The molecular weight excluding hydrogens is 328 g/mol. The Kier molecular flexibility index (Phi) is 4.73. The second kappa shape index (κ2) is 7.47. The highest BCUT2D eigenvalue weighted by atomic mass is 16.5. The predicted molar refractivity (Wildman–Crippen MR) is 96.2 cm³/mol. The minimum atomic E-state index is 0.134. The number of carbonyl (C=O) groups is 1. The molecule has 2 aromatic heterocycles. The molecule has 4 rings (SSSR count). The number of benzene rings is 1. The van der Waals surface area contributed by atoms with Crippen molar-refractivity contribution in [2.75, 3.05) is 13.1 Å². The Morgan fingerprint density at radius 3 is 2.77 bits per heavy atom. The third kappa shape index (κ3) is 3.64. The van der Waals surface area contributed by atoms with Gasteiger partial charge in [-0.05, 0) is 30.5 Å². The van der Waals surface area contributed by atoms with Gasteiger partial charge < -0.3 is 9.42 Å². The Morgan fingerprint density at radius 1 is 1.15 bits per heavy atom. The van der Waals surface area contributed by atoms with Crippen molar-refractivity contribution in [1.29, 1.82) is 0 Å². The largest absolute Gasteiger partial charge is 0.342 e. The van der Waals surface area contributed by atoms with Crippen molar-refractivity contribution in [2.24, 2.45) is 0 Å². The molecule has 3 aromatic rings.